The van der Waals surface area contributed by atoms with Gasteiger partial charge in [0.2, 0.25) is 5.91 Å². The molecule has 218 valence electrons. The van der Waals surface area contributed by atoms with E-state index in [-0.39, 0.29) is 34.8 Å². The number of rotatable bonds is 10. The third kappa shape index (κ3) is 7.63. The first-order valence-electron chi connectivity index (χ1n) is 12.9. The Hall–Kier alpha value is -2.91. The molecule has 0 unspecified atom stereocenters. The minimum Gasteiger partial charge on any atom is -0.389 e. The van der Waals surface area contributed by atoms with Crippen LogP contribution in [0, 0.1) is 0 Å². The van der Waals surface area contributed by atoms with E-state index in [4.69, 9.17) is 14.3 Å². The molecule has 1 atom stereocenters. The molecule has 0 saturated carbocycles. The van der Waals surface area contributed by atoms with Crippen molar-refractivity contribution >= 4 is 43.8 Å². The molecular formula is C26H35N5O7S2. The van der Waals surface area contributed by atoms with E-state index < -0.39 is 15.7 Å². The van der Waals surface area contributed by atoms with Crippen LogP contribution in [0.3, 0.4) is 0 Å². The zero-order chi connectivity index (χ0) is 28.9. The van der Waals surface area contributed by atoms with Crippen LogP contribution in [0.15, 0.2) is 40.5 Å². The summed E-state index contributed by atoms with van der Waals surface area (Å²) in [5, 5.41) is 7.31. The van der Waals surface area contributed by atoms with Crippen LogP contribution < -0.4 is 5.32 Å². The summed E-state index contributed by atoms with van der Waals surface area (Å²) in [6, 6.07) is 5.90. The molecule has 0 aliphatic carbocycles. The standard InChI is InChI=1S/C26H35N5O7S2/c1-26(2)17-30(10-11-31(26)22(32)16-36-3)14-20-13-27-25(39-20)28-24(33)23(29-38-19-9-12-37-15-19)18-5-7-21(8-6-18)40(4,34)35/h5-8,13,19H,9-12,14-17H2,1-4H3,(H,27,28,33)/t19-/m1/s1. The minimum absolute atomic E-state index is 0.00213. The number of nitrogens with one attached hydrogen (secondary N) is 1. The topological polar surface area (TPSA) is 140 Å². The van der Waals surface area contributed by atoms with E-state index in [0.717, 1.165) is 11.1 Å². The summed E-state index contributed by atoms with van der Waals surface area (Å²) in [6.07, 6.45) is 3.24. The Balaban J connectivity index is 1.43. The lowest BCUT2D eigenvalue weighted by Crippen LogP contribution is -2.61. The van der Waals surface area contributed by atoms with Crippen LogP contribution in [-0.2, 0) is 40.3 Å². The monoisotopic (exact) mass is 593 g/mol. The van der Waals surface area contributed by atoms with Crippen LogP contribution in [0.2, 0.25) is 0 Å². The summed E-state index contributed by atoms with van der Waals surface area (Å²) in [5.41, 5.74) is 0.0591. The van der Waals surface area contributed by atoms with E-state index in [2.05, 4.69) is 20.4 Å². The van der Waals surface area contributed by atoms with Crippen molar-refractivity contribution in [2.75, 3.05) is 58.1 Å². The van der Waals surface area contributed by atoms with Gasteiger partial charge >= 0.3 is 0 Å². The van der Waals surface area contributed by atoms with Gasteiger partial charge in [0.15, 0.2) is 26.8 Å². The highest BCUT2D eigenvalue weighted by Crippen LogP contribution is 2.26. The predicted octanol–water partition coefficient (Wildman–Crippen LogP) is 1.76. The molecule has 0 spiro atoms. The average Bonchev–Trinajstić information content (AvgIpc) is 3.56. The molecule has 0 bridgehead atoms. The van der Waals surface area contributed by atoms with Crippen LogP contribution in [0.4, 0.5) is 5.13 Å². The maximum absolute atomic E-state index is 13.3. The third-order valence-electron chi connectivity index (χ3n) is 6.66. The molecule has 1 N–H and O–H groups in total. The highest BCUT2D eigenvalue weighted by molar-refractivity contribution is 7.90. The maximum Gasteiger partial charge on any atom is 0.280 e. The van der Waals surface area contributed by atoms with Gasteiger partial charge in [-0.05, 0) is 26.0 Å². The molecule has 1 aromatic carbocycles. The van der Waals surface area contributed by atoms with Crippen LogP contribution in [0.25, 0.3) is 0 Å². The van der Waals surface area contributed by atoms with Gasteiger partial charge in [-0.25, -0.2) is 13.4 Å². The number of carbonyl (C=O) groups excluding carboxylic acids is 2. The highest BCUT2D eigenvalue weighted by atomic mass is 32.2. The van der Waals surface area contributed by atoms with Crippen molar-refractivity contribution in [2.24, 2.45) is 5.16 Å². The van der Waals surface area contributed by atoms with Crippen molar-refractivity contribution in [3.63, 3.8) is 0 Å². The number of sulfone groups is 1. The average molecular weight is 594 g/mol. The number of piperazine rings is 1. The predicted molar refractivity (Wildman–Crippen MR) is 150 cm³/mol. The van der Waals surface area contributed by atoms with E-state index in [0.29, 0.717) is 56.5 Å². The second kappa shape index (κ2) is 12.7. The maximum atomic E-state index is 13.3. The summed E-state index contributed by atoms with van der Waals surface area (Å²) in [5.74, 6) is -0.555. The van der Waals surface area contributed by atoms with Crippen LogP contribution >= 0.6 is 11.3 Å². The lowest BCUT2D eigenvalue weighted by molar-refractivity contribution is -0.144. The van der Waals surface area contributed by atoms with Gasteiger partial charge in [0.05, 0.1) is 23.6 Å². The Bertz CT molecular complexity index is 1340. The number of hydrogen-bond acceptors (Lipinski definition) is 11. The minimum atomic E-state index is -3.39. The van der Waals surface area contributed by atoms with Crippen molar-refractivity contribution in [1.82, 2.24) is 14.8 Å². The van der Waals surface area contributed by atoms with E-state index in [1.165, 1.54) is 42.7 Å². The fraction of sp³-hybridized carbons (Fsp3) is 0.538. The molecule has 2 fully saturated rings. The van der Waals surface area contributed by atoms with Gasteiger partial charge in [-0.1, -0.05) is 17.3 Å². The van der Waals surface area contributed by atoms with Gasteiger partial charge < -0.3 is 19.2 Å². The fourth-order valence-electron chi connectivity index (χ4n) is 4.68. The van der Waals surface area contributed by atoms with Crippen molar-refractivity contribution in [3.8, 4) is 0 Å². The number of benzene rings is 1. The van der Waals surface area contributed by atoms with Gasteiger partial charge in [0.1, 0.15) is 6.61 Å². The Labute approximate surface area is 238 Å². The van der Waals surface area contributed by atoms with E-state index >= 15 is 0 Å². The molecule has 0 radical (unpaired) electrons. The van der Waals surface area contributed by atoms with E-state index in [9.17, 15) is 18.0 Å². The Morgan fingerprint density at radius 1 is 1.25 bits per heavy atom. The number of nitrogens with zero attached hydrogens (tertiary/aromatic N) is 4. The van der Waals surface area contributed by atoms with Gasteiger partial charge in [-0.15, -0.1) is 11.3 Å². The number of oxime groups is 1. The SMILES string of the molecule is COCC(=O)N1CCN(Cc2cnc(NC(=O)C(=NO[C@@H]3CCOC3)c3ccc(S(C)(=O)=O)cc3)s2)CC1(C)C. The molecule has 2 aliphatic rings. The normalized spacial score (nSPS) is 19.9. The third-order valence-corrected chi connectivity index (χ3v) is 8.68. The van der Waals surface area contributed by atoms with Gasteiger partial charge in [0, 0.05) is 62.6 Å². The summed E-state index contributed by atoms with van der Waals surface area (Å²) in [7, 11) is -1.88. The number of anilines is 1. The van der Waals surface area contributed by atoms with Crippen molar-refractivity contribution < 1.29 is 32.3 Å². The first-order chi connectivity index (χ1) is 19.0. The molecule has 1 aromatic heterocycles. The molecule has 2 aliphatic heterocycles. The summed E-state index contributed by atoms with van der Waals surface area (Å²) in [6.45, 7) is 7.69. The number of aromatic nitrogens is 1. The Morgan fingerprint density at radius 2 is 2.00 bits per heavy atom. The zero-order valence-corrected chi connectivity index (χ0v) is 24.7. The molecule has 2 amide bonds. The number of methoxy groups -OCH3 is 1. The van der Waals surface area contributed by atoms with Gasteiger partial charge in [0.25, 0.3) is 5.91 Å². The van der Waals surface area contributed by atoms with Crippen LogP contribution in [-0.4, -0.2) is 105 Å². The molecule has 3 heterocycles. The number of amides is 2. The van der Waals surface area contributed by atoms with Gasteiger partial charge in [-0.2, -0.15) is 0 Å². The number of thiazole rings is 1. The van der Waals surface area contributed by atoms with Crippen molar-refractivity contribution in [1.29, 1.82) is 0 Å². The quantitative estimate of drug-likeness (QED) is 0.322. The fourth-order valence-corrected chi connectivity index (χ4v) is 6.16. The van der Waals surface area contributed by atoms with Crippen molar-refractivity contribution in [2.45, 2.75) is 43.4 Å². The summed E-state index contributed by atoms with van der Waals surface area (Å²) in [4.78, 5) is 40.8. The largest absolute Gasteiger partial charge is 0.389 e. The molecule has 14 heteroatoms. The second-order valence-electron chi connectivity index (χ2n) is 10.4. The second-order valence-corrected chi connectivity index (χ2v) is 13.5. The van der Waals surface area contributed by atoms with E-state index in [1.54, 1.807) is 6.20 Å². The lowest BCUT2D eigenvalue weighted by Gasteiger charge is -2.47. The van der Waals surface area contributed by atoms with Crippen LogP contribution in [0.1, 0.15) is 30.7 Å². The molecule has 2 aromatic rings. The molecule has 2 saturated heterocycles. The van der Waals surface area contributed by atoms with Gasteiger partial charge in [-0.3, -0.25) is 19.8 Å². The molecule has 4 rings (SSSR count). The molecule has 12 nitrogen and oxygen atoms in total. The summed E-state index contributed by atoms with van der Waals surface area (Å²) >= 11 is 1.35. The number of carbonyl (C=O) groups is 2. The Morgan fingerprint density at radius 3 is 2.62 bits per heavy atom. The first-order valence-corrected chi connectivity index (χ1v) is 15.6. The lowest BCUT2D eigenvalue weighted by atomic mass is 9.98. The van der Waals surface area contributed by atoms with Crippen LogP contribution in [0.5, 0.6) is 0 Å². The Kier molecular flexibility index (Phi) is 9.56. The highest BCUT2D eigenvalue weighted by Gasteiger charge is 2.36. The van der Waals surface area contributed by atoms with Crippen molar-refractivity contribution in [3.05, 3.63) is 40.9 Å². The zero-order valence-electron chi connectivity index (χ0n) is 23.1. The molecular weight excluding hydrogens is 558 g/mol. The number of ether oxygens (including phenoxy) is 2. The molecule has 40 heavy (non-hydrogen) atoms. The first kappa shape index (κ1) is 30.1. The smallest absolute Gasteiger partial charge is 0.280 e. The summed E-state index contributed by atoms with van der Waals surface area (Å²) < 4.78 is 34.1. The van der Waals surface area contributed by atoms with E-state index in [1.807, 2.05) is 18.7 Å². The number of hydrogen-bond donors (Lipinski definition) is 1.